The van der Waals surface area contributed by atoms with Crippen LogP contribution in [0.25, 0.3) is 11.3 Å². The van der Waals surface area contributed by atoms with Gasteiger partial charge in [0.25, 0.3) is 0 Å². The van der Waals surface area contributed by atoms with Crippen molar-refractivity contribution in [2.45, 2.75) is 51.9 Å². The maximum Gasteiger partial charge on any atom is 0.227 e. The molecule has 2 aromatic carbocycles. The van der Waals surface area contributed by atoms with Crippen LogP contribution in [0, 0.1) is 13.8 Å². The SMILES string of the molecule is Cc1ccc(C)c(CC(=O)N2CCC(c3nc(-c4cccc(C(C)C(N)=O)c4)cs3)CC2)c1. The number of hydrogen-bond donors (Lipinski definition) is 1. The van der Waals surface area contributed by atoms with Crippen molar-refractivity contribution in [1.29, 1.82) is 0 Å². The third-order valence-electron chi connectivity index (χ3n) is 6.67. The van der Waals surface area contributed by atoms with Gasteiger partial charge in [0.15, 0.2) is 0 Å². The van der Waals surface area contributed by atoms with E-state index in [-0.39, 0.29) is 17.7 Å². The predicted molar refractivity (Wildman–Crippen MR) is 133 cm³/mol. The van der Waals surface area contributed by atoms with Crippen molar-refractivity contribution in [2.75, 3.05) is 13.1 Å². The van der Waals surface area contributed by atoms with Gasteiger partial charge in [0, 0.05) is 30.0 Å². The average molecular weight is 462 g/mol. The molecule has 33 heavy (non-hydrogen) atoms. The molecular formula is C27H31N3O2S. The molecule has 0 radical (unpaired) electrons. The molecule has 0 aliphatic carbocycles. The summed E-state index contributed by atoms with van der Waals surface area (Å²) in [5.74, 6) is -0.0675. The second-order valence-electron chi connectivity index (χ2n) is 9.08. The van der Waals surface area contributed by atoms with Crippen LogP contribution in [0.1, 0.15) is 58.9 Å². The Hall–Kier alpha value is -2.99. The maximum absolute atomic E-state index is 12.9. The highest BCUT2D eigenvalue weighted by molar-refractivity contribution is 7.10. The monoisotopic (exact) mass is 461 g/mol. The molecule has 6 heteroatoms. The topological polar surface area (TPSA) is 76.3 Å². The van der Waals surface area contributed by atoms with Crippen molar-refractivity contribution in [3.63, 3.8) is 0 Å². The number of amides is 2. The fraction of sp³-hybridized carbons (Fsp3) is 0.370. The summed E-state index contributed by atoms with van der Waals surface area (Å²) in [5.41, 5.74) is 11.8. The lowest BCUT2D eigenvalue weighted by molar-refractivity contribution is -0.131. The van der Waals surface area contributed by atoms with Crippen LogP contribution in [0.4, 0.5) is 0 Å². The summed E-state index contributed by atoms with van der Waals surface area (Å²) in [7, 11) is 0. The number of primary amides is 1. The maximum atomic E-state index is 12.9. The molecule has 172 valence electrons. The van der Waals surface area contributed by atoms with Crippen LogP contribution in [0.15, 0.2) is 47.8 Å². The van der Waals surface area contributed by atoms with Crippen molar-refractivity contribution in [1.82, 2.24) is 9.88 Å². The molecule has 1 aromatic heterocycles. The molecule has 0 spiro atoms. The largest absolute Gasteiger partial charge is 0.369 e. The summed E-state index contributed by atoms with van der Waals surface area (Å²) in [6.45, 7) is 7.50. The average Bonchev–Trinajstić information content (AvgIpc) is 3.31. The normalized spacial score (nSPS) is 15.4. The fourth-order valence-electron chi connectivity index (χ4n) is 4.38. The van der Waals surface area contributed by atoms with E-state index in [9.17, 15) is 9.59 Å². The Kier molecular flexibility index (Phi) is 6.94. The Balaban J connectivity index is 1.38. The van der Waals surface area contributed by atoms with Crippen LogP contribution in [-0.4, -0.2) is 34.8 Å². The zero-order chi connectivity index (χ0) is 23.5. The quantitative estimate of drug-likeness (QED) is 0.563. The van der Waals surface area contributed by atoms with Gasteiger partial charge in [0.05, 0.1) is 23.0 Å². The van der Waals surface area contributed by atoms with Gasteiger partial charge in [0.2, 0.25) is 11.8 Å². The highest BCUT2D eigenvalue weighted by Crippen LogP contribution is 2.33. The van der Waals surface area contributed by atoms with Crippen molar-refractivity contribution in [3.8, 4) is 11.3 Å². The zero-order valence-corrected chi connectivity index (χ0v) is 20.3. The lowest BCUT2D eigenvalue weighted by Gasteiger charge is -2.31. The van der Waals surface area contributed by atoms with Crippen LogP contribution >= 0.6 is 11.3 Å². The van der Waals surface area contributed by atoms with Crippen LogP contribution in [0.2, 0.25) is 0 Å². The van der Waals surface area contributed by atoms with E-state index in [0.717, 1.165) is 53.3 Å². The molecule has 0 saturated carbocycles. The van der Waals surface area contributed by atoms with Gasteiger partial charge in [-0.25, -0.2) is 4.98 Å². The molecule has 2 amide bonds. The fourth-order valence-corrected chi connectivity index (χ4v) is 5.38. The molecule has 0 bridgehead atoms. The van der Waals surface area contributed by atoms with E-state index in [1.165, 1.54) is 11.1 Å². The zero-order valence-electron chi connectivity index (χ0n) is 19.5. The van der Waals surface area contributed by atoms with Crippen LogP contribution < -0.4 is 5.73 Å². The number of carbonyl (C=O) groups is 2. The van der Waals surface area contributed by atoms with Gasteiger partial charge in [-0.1, -0.05) is 42.0 Å². The van der Waals surface area contributed by atoms with E-state index in [1.807, 2.05) is 36.1 Å². The Morgan fingerprint density at radius 2 is 1.91 bits per heavy atom. The van der Waals surface area contributed by atoms with E-state index in [4.69, 9.17) is 10.7 Å². The molecule has 3 aromatic rings. The second-order valence-corrected chi connectivity index (χ2v) is 9.97. The molecule has 1 aliphatic heterocycles. The standard InChI is InChI=1S/C27H31N3O2S/c1-17-7-8-18(2)23(13-17)15-25(31)30-11-9-20(10-12-30)27-29-24(16-33-27)22-6-4-5-21(14-22)19(3)26(28)32/h4-8,13-14,16,19-20H,9-12,15H2,1-3H3,(H2,28,32). The van der Waals surface area contributed by atoms with Crippen molar-refractivity contribution in [3.05, 3.63) is 75.1 Å². The van der Waals surface area contributed by atoms with Gasteiger partial charge in [0.1, 0.15) is 0 Å². The van der Waals surface area contributed by atoms with Gasteiger partial charge in [-0.15, -0.1) is 11.3 Å². The van der Waals surface area contributed by atoms with Crippen molar-refractivity contribution in [2.24, 2.45) is 5.73 Å². The highest BCUT2D eigenvalue weighted by Gasteiger charge is 2.26. The minimum Gasteiger partial charge on any atom is -0.369 e. The number of aromatic nitrogens is 1. The number of piperidine rings is 1. The molecule has 5 nitrogen and oxygen atoms in total. The first-order chi connectivity index (χ1) is 15.8. The van der Waals surface area contributed by atoms with Gasteiger partial charge in [-0.2, -0.15) is 0 Å². The number of benzene rings is 2. The lowest BCUT2D eigenvalue weighted by Crippen LogP contribution is -2.38. The number of hydrogen-bond acceptors (Lipinski definition) is 4. The third-order valence-corrected chi connectivity index (χ3v) is 7.68. The first-order valence-electron chi connectivity index (χ1n) is 11.5. The smallest absolute Gasteiger partial charge is 0.227 e. The highest BCUT2D eigenvalue weighted by atomic mass is 32.1. The minimum atomic E-state index is -0.329. The molecular weight excluding hydrogens is 430 g/mol. The number of nitrogens with two attached hydrogens (primary N) is 1. The minimum absolute atomic E-state index is 0.211. The number of aryl methyl sites for hydroxylation is 2. The molecule has 4 rings (SSSR count). The summed E-state index contributed by atoms with van der Waals surface area (Å²) >= 11 is 1.68. The Morgan fingerprint density at radius 1 is 1.15 bits per heavy atom. The Labute approximate surface area is 199 Å². The van der Waals surface area contributed by atoms with Crippen LogP contribution in [0.5, 0.6) is 0 Å². The van der Waals surface area contributed by atoms with E-state index in [0.29, 0.717) is 12.3 Å². The number of thiazole rings is 1. The van der Waals surface area contributed by atoms with Crippen molar-refractivity contribution < 1.29 is 9.59 Å². The van der Waals surface area contributed by atoms with E-state index < -0.39 is 0 Å². The van der Waals surface area contributed by atoms with Gasteiger partial charge in [-0.05, 0) is 56.4 Å². The van der Waals surface area contributed by atoms with E-state index >= 15 is 0 Å². The Morgan fingerprint density at radius 3 is 2.64 bits per heavy atom. The number of nitrogens with zero attached hydrogens (tertiary/aromatic N) is 2. The second kappa shape index (κ2) is 9.87. The summed E-state index contributed by atoms with van der Waals surface area (Å²) in [6, 6.07) is 14.2. The molecule has 1 unspecified atom stereocenters. The molecule has 2 heterocycles. The van der Waals surface area contributed by atoms with Crippen molar-refractivity contribution >= 4 is 23.2 Å². The summed E-state index contributed by atoms with van der Waals surface area (Å²) in [6.07, 6.45) is 2.34. The summed E-state index contributed by atoms with van der Waals surface area (Å²) in [4.78, 5) is 31.3. The molecule has 1 fully saturated rings. The third kappa shape index (κ3) is 5.33. The van der Waals surface area contributed by atoms with Gasteiger partial charge >= 0.3 is 0 Å². The molecule has 2 N–H and O–H groups in total. The number of carbonyl (C=O) groups excluding carboxylic acids is 2. The number of rotatable bonds is 6. The first kappa shape index (κ1) is 23.2. The summed E-state index contributed by atoms with van der Waals surface area (Å²) < 4.78 is 0. The Bertz CT molecular complexity index is 1160. The van der Waals surface area contributed by atoms with Gasteiger partial charge in [-0.3, -0.25) is 9.59 Å². The molecule has 1 atom stereocenters. The first-order valence-corrected chi connectivity index (χ1v) is 12.4. The van der Waals surface area contributed by atoms with Crippen LogP contribution in [0.3, 0.4) is 0 Å². The van der Waals surface area contributed by atoms with Gasteiger partial charge < -0.3 is 10.6 Å². The molecule has 1 saturated heterocycles. The van der Waals surface area contributed by atoms with E-state index in [1.54, 1.807) is 11.3 Å². The predicted octanol–water partition coefficient (Wildman–Crippen LogP) is 4.96. The molecule has 1 aliphatic rings. The summed E-state index contributed by atoms with van der Waals surface area (Å²) in [5, 5.41) is 3.21. The number of likely N-dealkylation sites (tertiary alicyclic amines) is 1. The lowest BCUT2D eigenvalue weighted by atomic mass is 9.96. The van der Waals surface area contributed by atoms with E-state index in [2.05, 4.69) is 37.4 Å². The van der Waals surface area contributed by atoms with Crippen LogP contribution in [-0.2, 0) is 16.0 Å².